The van der Waals surface area contributed by atoms with Crippen molar-refractivity contribution < 1.29 is 10.2 Å². The van der Waals surface area contributed by atoms with Gasteiger partial charge in [0.2, 0.25) is 0 Å². The van der Waals surface area contributed by atoms with Crippen molar-refractivity contribution in [2.75, 3.05) is 0 Å². The Bertz CT molecular complexity index is 530. The summed E-state index contributed by atoms with van der Waals surface area (Å²) >= 11 is 0. The minimum atomic E-state index is -1.65. The maximum atomic E-state index is 9.96. The fourth-order valence-electron chi connectivity index (χ4n) is 2.04. The Morgan fingerprint density at radius 3 is 2.10 bits per heavy atom. The van der Waals surface area contributed by atoms with Gasteiger partial charge in [0, 0.05) is 12.8 Å². The van der Waals surface area contributed by atoms with Crippen LogP contribution < -0.4 is 0 Å². The third kappa shape index (κ3) is 5.00. The third-order valence-electron chi connectivity index (χ3n) is 3.21. The predicted molar refractivity (Wildman–Crippen MR) is 82.0 cm³/mol. The second-order valence-electron chi connectivity index (χ2n) is 4.99. The van der Waals surface area contributed by atoms with Crippen LogP contribution in [-0.2, 0) is 6.42 Å². The largest absolute Gasteiger partial charge is 0.365 e. The van der Waals surface area contributed by atoms with E-state index in [1.54, 1.807) is 6.08 Å². The fourth-order valence-corrected chi connectivity index (χ4v) is 2.04. The van der Waals surface area contributed by atoms with Gasteiger partial charge in [-0.05, 0) is 17.5 Å². The molecule has 2 aromatic rings. The smallest absolute Gasteiger partial charge is 0.166 e. The molecule has 0 heterocycles. The molecule has 0 spiro atoms. The molecule has 20 heavy (non-hydrogen) atoms. The van der Waals surface area contributed by atoms with Crippen molar-refractivity contribution in [1.29, 1.82) is 0 Å². The standard InChI is InChI=1S/C18H20O2/c19-18(20,15-13-17-10-5-2-6-11-17)14-7-12-16-8-3-1-4-9-16/h1-12,19-20H,13-15H2/b12-7+. The molecule has 2 nitrogen and oxygen atoms in total. The number of benzene rings is 2. The summed E-state index contributed by atoms with van der Waals surface area (Å²) in [5.41, 5.74) is 2.18. The molecule has 104 valence electrons. The van der Waals surface area contributed by atoms with E-state index in [1.807, 2.05) is 66.7 Å². The van der Waals surface area contributed by atoms with Crippen LogP contribution >= 0.6 is 0 Å². The summed E-state index contributed by atoms with van der Waals surface area (Å²) in [6.07, 6.45) is 4.93. The highest BCUT2D eigenvalue weighted by Crippen LogP contribution is 2.17. The van der Waals surface area contributed by atoms with Gasteiger partial charge in [-0.2, -0.15) is 0 Å². The molecule has 0 aliphatic rings. The second-order valence-corrected chi connectivity index (χ2v) is 4.99. The van der Waals surface area contributed by atoms with E-state index in [0.717, 1.165) is 11.1 Å². The highest BCUT2D eigenvalue weighted by atomic mass is 16.5. The second kappa shape index (κ2) is 7.04. The van der Waals surface area contributed by atoms with Crippen molar-refractivity contribution >= 4 is 6.08 Å². The van der Waals surface area contributed by atoms with Crippen molar-refractivity contribution in [2.45, 2.75) is 25.0 Å². The topological polar surface area (TPSA) is 40.5 Å². The quantitative estimate of drug-likeness (QED) is 0.788. The Balaban J connectivity index is 1.83. The molecule has 0 aliphatic carbocycles. The maximum absolute atomic E-state index is 9.96. The lowest BCUT2D eigenvalue weighted by atomic mass is 10.0. The van der Waals surface area contributed by atoms with E-state index in [-0.39, 0.29) is 6.42 Å². The molecule has 0 aromatic heterocycles. The molecule has 0 atom stereocenters. The number of hydrogen-bond acceptors (Lipinski definition) is 2. The van der Waals surface area contributed by atoms with Crippen molar-refractivity contribution in [3.63, 3.8) is 0 Å². The van der Waals surface area contributed by atoms with Crippen LogP contribution in [0, 0.1) is 0 Å². The summed E-state index contributed by atoms with van der Waals surface area (Å²) in [7, 11) is 0. The summed E-state index contributed by atoms with van der Waals surface area (Å²) in [5.74, 6) is -1.65. The monoisotopic (exact) mass is 268 g/mol. The number of hydrogen-bond donors (Lipinski definition) is 2. The van der Waals surface area contributed by atoms with E-state index >= 15 is 0 Å². The zero-order valence-corrected chi connectivity index (χ0v) is 11.4. The zero-order valence-electron chi connectivity index (χ0n) is 11.4. The Kier molecular flexibility index (Phi) is 5.10. The average molecular weight is 268 g/mol. The highest BCUT2D eigenvalue weighted by Gasteiger charge is 2.20. The van der Waals surface area contributed by atoms with Crippen LogP contribution in [-0.4, -0.2) is 16.0 Å². The molecule has 2 N–H and O–H groups in total. The molecule has 0 unspecified atom stereocenters. The summed E-state index contributed by atoms with van der Waals surface area (Å²) in [6.45, 7) is 0. The molecule has 0 saturated heterocycles. The SMILES string of the molecule is OC(O)(C/C=C/c1ccccc1)CCc1ccccc1. The van der Waals surface area contributed by atoms with E-state index in [2.05, 4.69) is 0 Å². The molecule has 0 saturated carbocycles. The summed E-state index contributed by atoms with van der Waals surface area (Å²) in [6, 6.07) is 19.7. The first-order valence-electron chi connectivity index (χ1n) is 6.86. The van der Waals surface area contributed by atoms with E-state index in [1.165, 1.54) is 0 Å². The van der Waals surface area contributed by atoms with Gasteiger partial charge >= 0.3 is 0 Å². The van der Waals surface area contributed by atoms with Crippen molar-refractivity contribution in [2.24, 2.45) is 0 Å². The normalized spacial score (nSPS) is 11.9. The van der Waals surface area contributed by atoms with Gasteiger partial charge in [0.05, 0.1) is 0 Å². The van der Waals surface area contributed by atoms with Gasteiger partial charge in [-0.3, -0.25) is 0 Å². The van der Waals surface area contributed by atoms with Gasteiger partial charge in [-0.25, -0.2) is 0 Å². The van der Waals surface area contributed by atoms with Crippen molar-refractivity contribution in [3.8, 4) is 0 Å². The molecule has 0 radical (unpaired) electrons. The van der Waals surface area contributed by atoms with Gasteiger partial charge in [0.15, 0.2) is 5.79 Å². The van der Waals surface area contributed by atoms with Gasteiger partial charge in [-0.1, -0.05) is 72.8 Å². The van der Waals surface area contributed by atoms with Crippen LogP contribution in [0.25, 0.3) is 6.08 Å². The van der Waals surface area contributed by atoms with Gasteiger partial charge in [-0.15, -0.1) is 0 Å². The van der Waals surface area contributed by atoms with Gasteiger partial charge in [0.1, 0.15) is 0 Å². The molecule has 0 bridgehead atoms. The van der Waals surface area contributed by atoms with Crippen LogP contribution in [0.3, 0.4) is 0 Å². The van der Waals surface area contributed by atoms with Crippen LogP contribution in [0.2, 0.25) is 0 Å². The van der Waals surface area contributed by atoms with Gasteiger partial charge < -0.3 is 10.2 Å². The van der Waals surface area contributed by atoms with E-state index < -0.39 is 5.79 Å². The van der Waals surface area contributed by atoms with Crippen LogP contribution in [0.5, 0.6) is 0 Å². The van der Waals surface area contributed by atoms with Crippen LogP contribution in [0.1, 0.15) is 24.0 Å². The third-order valence-corrected chi connectivity index (χ3v) is 3.21. The number of rotatable bonds is 6. The minimum absolute atomic E-state index is 0.231. The number of aryl methyl sites for hydroxylation is 1. The Morgan fingerprint density at radius 2 is 1.45 bits per heavy atom. The fraction of sp³-hybridized carbons (Fsp3) is 0.222. The minimum Gasteiger partial charge on any atom is -0.365 e. The van der Waals surface area contributed by atoms with Crippen LogP contribution in [0.15, 0.2) is 66.7 Å². The molecular weight excluding hydrogens is 248 g/mol. The Morgan fingerprint density at radius 1 is 0.850 bits per heavy atom. The van der Waals surface area contributed by atoms with Gasteiger partial charge in [0.25, 0.3) is 0 Å². The molecule has 2 heteroatoms. The first kappa shape index (κ1) is 14.5. The summed E-state index contributed by atoms with van der Waals surface area (Å²) < 4.78 is 0. The molecule has 2 rings (SSSR count). The van der Waals surface area contributed by atoms with Crippen molar-refractivity contribution in [1.82, 2.24) is 0 Å². The zero-order chi connectivity index (χ0) is 14.3. The van der Waals surface area contributed by atoms with E-state index in [4.69, 9.17) is 0 Å². The molecule has 2 aromatic carbocycles. The van der Waals surface area contributed by atoms with E-state index in [0.29, 0.717) is 12.8 Å². The Labute approximate surface area is 120 Å². The highest BCUT2D eigenvalue weighted by molar-refractivity contribution is 5.48. The molecule has 0 fully saturated rings. The lowest BCUT2D eigenvalue weighted by Crippen LogP contribution is -2.27. The summed E-state index contributed by atoms with van der Waals surface area (Å²) in [4.78, 5) is 0. The Hall–Kier alpha value is -1.90. The first-order valence-corrected chi connectivity index (χ1v) is 6.86. The first-order chi connectivity index (χ1) is 9.66. The number of aliphatic hydroxyl groups is 2. The average Bonchev–Trinajstić information content (AvgIpc) is 2.47. The van der Waals surface area contributed by atoms with Crippen molar-refractivity contribution in [3.05, 3.63) is 77.9 Å². The van der Waals surface area contributed by atoms with Crippen LogP contribution in [0.4, 0.5) is 0 Å². The van der Waals surface area contributed by atoms with E-state index in [9.17, 15) is 10.2 Å². The lowest BCUT2D eigenvalue weighted by molar-refractivity contribution is -0.161. The lowest BCUT2D eigenvalue weighted by Gasteiger charge is -2.19. The summed E-state index contributed by atoms with van der Waals surface area (Å²) in [5, 5.41) is 19.9. The predicted octanol–water partition coefficient (Wildman–Crippen LogP) is 3.40. The molecule has 0 aliphatic heterocycles. The maximum Gasteiger partial charge on any atom is 0.166 e. The molecular formula is C18H20O2. The molecule has 0 amide bonds.